The van der Waals surface area contributed by atoms with E-state index in [0.29, 0.717) is 10.0 Å². The molecule has 0 aliphatic heterocycles. The summed E-state index contributed by atoms with van der Waals surface area (Å²) in [6, 6.07) is 5.26. The highest BCUT2D eigenvalue weighted by molar-refractivity contribution is 6.34. The van der Waals surface area contributed by atoms with Gasteiger partial charge >= 0.3 is 0 Å². The van der Waals surface area contributed by atoms with Gasteiger partial charge in [0.2, 0.25) is 0 Å². The van der Waals surface area contributed by atoms with Crippen molar-refractivity contribution in [1.82, 2.24) is 0 Å². The number of allylic oxidation sites excluding steroid dienone is 2. The Balaban J connectivity index is 3.22. The maximum Gasteiger partial charge on any atom is 0.0485 e. The molecule has 0 radical (unpaired) electrons. The van der Waals surface area contributed by atoms with Crippen LogP contribution in [0, 0.1) is 0 Å². The van der Waals surface area contributed by atoms with E-state index in [1.807, 2.05) is 0 Å². The van der Waals surface area contributed by atoms with Crippen LogP contribution >= 0.6 is 23.2 Å². The van der Waals surface area contributed by atoms with Gasteiger partial charge in [-0.15, -0.1) is 0 Å². The van der Waals surface area contributed by atoms with E-state index in [1.54, 1.807) is 24.3 Å². The third-order valence-electron chi connectivity index (χ3n) is 1.52. The van der Waals surface area contributed by atoms with E-state index in [9.17, 15) is 0 Å². The van der Waals surface area contributed by atoms with Crippen molar-refractivity contribution in [3.63, 3.8) is 0 Å². The van der Waals surface area contributed by atoms with Gasteiger partial charge in [-0.1, -0.05) is 42.4 Å². The molecule has 0 atom stereocenters. The molecule has 0 fully saturated rings. The molecule has 0 amide bonds. The minimum absolute atomic E-state index is 0.643. The molecule has 1 aromatic rings. The highest BCUT2D eigenvalue weighted by Gasteiger charge is 2.01. The Morgan fingerprint density at radius 1 is 1.33 bits per heavy atom. The molecule has 0 aromatic heterocycles. The molecule has 1 aromatic carbocycles. The van der Waals surface area contributed by atoms with Gasteiger partial charge in [0, 0.05) is 15.6 Å². The molecule has 0 aliphatic rings. The fourth-order valence-corrected chi connectivity index (χ4v) is 1.26. The minimum Gasteiger partial charge on any atom is -0.0985 e. The predicted octanol–water partition coefficient (Wildman–Crippen LogP) is 4.19. The van der Waals surface area contributed by atoms with Crippen LogP contribution in [0.5, 0.6) is 0 Å². The summed E-state index contributed by atoms with van der Waals surface area (Å²) in [5, 5.41) is 1.29. The first-order valence-electron chi connectivity index (χ1n) is 3.42. The van der Waals surface area contributed by atoms with Gasteiger partial charge in [-0.2, -0.15) is 0 Å². The summed E-state index contributed by atoms with van der Waals surface area (Å²) >= 11 is 11.7. The molecule has 0 heterocycles. The summed E-state index contributed by atoms with van der Waals surface area (Å²) in [6.45, 7) is 7.39. The average molecular weight is 199 g/mol. The second kappa shape index (κ2) is 3.79. The SMILES string of the molecule is C=CC(=C)c1cc(Cl)ccc1Cl. The Kier molecular flexibility index (Phi) is 2.96. The van der Waals surface area contributed by atoms with Crippen LogP contribution in [0.2, 0.25) is 10.0 Å². The van der Waals surface area contributed by atoms with Crippen molar-refractivity contribution in [2.24, 2.45) is 0 Å². The summed E-state index contributed by atoms with van der Waals surface area (Å²) in [6.07, 6.45) is 1.65. The van der Waals surface area contributed by atoms with Crippen molar-refractivity contribution in [3.8, 4) is 0 Å². The Labute approximate surface area is 82.1 Å². The van der Waals surface area contributed by atoms with Crippen LogP contribution in [0.4, 0.5) is 0 Å². The second-order valence-corrected chi connectivity index (χ2v) is 3.20. The van der Waals surface area contributed by atoms with E-state index in [1.165, 1.54) is 0 Å². The van der Waals surface area contributed by atoms with Gasteiger partial charge in [0.1, 0.15) is 0 Å². The Morgan fingerprint density at radius 2 is 2.00 bits per heavy atom. The van der Waals surface area contributed by atoms with Crippen LogP contribution in [0.3, 0.4) is 0 Å². The van der Waals surface area contributed by atoms with Crippen LogP contribution in [-0.2, 0) is 0 Å². The molecule has 12 heavy (non-hydrogen) atoms. The summed E-state index contributed by atoms with van der Waals surface area (Å²) in [5.74, 6) is 0. The molecule has 0 bridgehead atoms. The zero-order valence-electron chi connectivity index (χ0n) is 6.48. The molecule has 62 valence electrons. The monoisotopic (exact) mass is 198 g/mol. The van der Waals surface area contributed by atoms with Crippen molar-refractivity contribution in [2.45, 2.75) is 0 Å². The first kappa shape index (κ1) is 9.37. The zero-order valence-corrected chi connectivity index (χ0v) is 7.99. The van der Waals surface area contributed by atoms with Crippen LogP contribution in [0.1, 0.15) is 5.56 Å². The largest absolute Gasteiger partial charge is 0.0985 e. The summed E-state index contributed by atoms with van der Waals surface area (Å²) in [4.78, 5) is 0. The molecule has 0 N–H and O–H groups in total. The average Bonchev–Trinajstić information content (AvgIpc) is 2.08. The van der Waals surface area contributed by atoms with Gasteiger partial charge in [0.15, 0.2) is 0 Å². The third-order valence-corrected chi connectivity index (χ3v) is 2.09. The fraction of sp³-hybridized carbons (Fsp3) is 0. The molecule has 1 rings (SSSR count). The van der Waals surface area contributed by atoms with E-state index >= 15 is 0 Å². The van der Waals surface area contributed by atoms with Gasteiger partial charge in [-0.3, -0.25) is 0 Å². The number of benzene rings is 1. The highest BCUT2D eigenvalue weighted by Crippen LogP contribution is 2.26. The number of hydrogen-bond donors (Lipinski definition) is 0. The molecule has 2 heteroatoms. The minimum atomic E-state index is 0.643. The molecule has 0 aliphatic carbocycles. The van der Waals surface area contributed by atoms with E-state index in [2.05, 4.69) is 13.2 Å². The zero-order chi connectivity index (χ0) is 9.14. The lowest BCUT2D eigenvalue weighted by molar-refractivity contribution is 1.63. The molecule has 0 nitrogen and oxygen atoms in total. The van der Waals surface area contributed by atoms with Crippen LogP contribution in [0.25, 0.3) is 5.57 Å². The lowest BCUT2D eigenvalue weighted by Gasteiger charge is -2.03. The van der Waals surface area contributed by atoms with E-state index < -0.39 is 0 Å². The van der Waals surface area contributed by atoms with Gasteiger partial charge in [-0.05, 0) is 23.8 Å². The summed E-state index contributed by atoms with van der Waals surface area (Å²) in [7, 11) is 0. The molecule has 0 unspecified atom stereocenters. The Bertz CT molecular complexity index is 327. The highest BCUT2D eigenvalue weighted by atomic mass is 35.5. The van der Waals surface area contributed by atoms with Gasteiger partial charge < -0.3 is 0 Å². The maximum atomic E-state index is 5.90. The molecule has 0 spiro atoms. The lowest BCUT2D eigenvalue weighted by Crippen LogP contribution is -1.80. The Hall–Kier alpha value is -0.720. The third kappa shape index (κ3) is 1.90. The van der Waals surface area contributed by atoms with E-state index in [-0.39, 0.29) is 0 Å². The van der Waals surface area contributed by atoms with Crippen LogP contribution in [0.15, 0.2) is 37.4 Å². The number of rotatable bonds is 2. The van der Waals surface area contributed by atoms with Gasteiger partial charge in [-0.25, -0.2) is 0 Å². The normalized spacial score (nSPS) is 9.50. The van der Waals surface area contributed by atoms with Gasteiger partial charge in [0.25, 0.3) is 0 Å². The molecular formula is C10H8Cl2. The summed E-state index contributed by atoms with van der Waals surface area (Å²) < 4.78 is 0. The fourth-order valence-electron chi connectivity index (χ4n) is 0.854. The van der Waals surface area contributed by atoms with Crippen LogP contribution in [-0.4, -0.2) is 0 Å². The van der Waals surface area contributed by atoms with E-state index in [4.69, 9.17) is 23.2 Å². The standard InChI is InChI=1S/C10H8Cl2/c1-3-7(2)9-6-8(11)4-5-10(9)12/h3-6H,1-2H2. The second-order valence-electron chi connectivity index (χ2n) is 2.35. The number of halogens is 2. The van der Waals surface area contributed by atoms with Crippen LogP contribution < -0.4 is 0 Å². The first-order chi connectivity index (χ1) is 5.65. The smallest absolute Gasteiger partial charge is 0.0485 e. The van der Waals surface area contributed by atoms with Crippen molar-refractivity contribution >= 4 is 28.8 Å². The van der Waals surface area contributed by atoms with Crippen molar-refractivity contribution < 1.29 is 0 Å². The predicted molar refractivity (Wildman–Crippen MR) is 55.7 cm³/mol. The van der Waals surface area contributed by atoms with Crippen molar-refractivity contribution in [1.29, 1.82) is 0 Å². The maximum absolute atomic E-state index is 5.90. The Morgan fingerprint density at radius 3 is 2.58 bits per heavy atom. The summed E-state index contributed by atoms with van der Waals surface area (Å²) in [5.41, 5.74) is 1.61. The van der Waals surface area contributed by atoms with Crippen molar-refractivity contribution in [3.05, 3.63) is 53.0 Å². The molecular weight excluding hydrogens is 191 g/mol. The van der Waals surface area contributed by atoms with E-state index in [0.717, 1.165) is 11.1 Å². The van der Waals surface area contributed by atoms with Gasteiger partial charge in [0.05, 0.1) is 0 Å². The molecule has 0 saturated carbocycles. The topological polar surface area (TPSA) is 0 Å². The lowest BCUT2D eigenvalue weighted by atomic mass is 10.1. The quantitative estimate of drug-likeness (QED) is 0.626. The molecule has 0 saturated heterocycles. The first-order valence-corrected chi connectivity index (χ1v) is 4.17. The van der Waals surface area contributed by atoms with Crippen molar-refractivity contribution in [2.75, 3.05) is 0 Å². The number of hydrogen-bond acceptors (Lipinski definition) is 0.